The summed E-state index contributed by atoms with van der Waals surface area (Å²) in [6, 6.07) is 5.03. The van der Waals surface area contributed by atoms with Gasteiger partial charge in [-0.1, -0.05) is 50.9 Å². The molecule has 0 amide bonds. The molecule has 0 aromatic heterocycles. The zero-order valence-corrected chi connectivity index (χ0v) is 14.0. The van der Waals surface area contributed by atoms with Crippen LogP contribution >= 0.6 is 11.6 Å². The molecule has 21 heavy (non-hydrogen) atoms. The van der Waals surface area contributed by atoms with Crippen LogP contribution in [0.15, 0.2) is 18.2 Å². The molecule has 2 atom stereocenters. The summed E-state index contributed by atoms with van der Waals surface area (Å²) in [5, 5.41) is 11.0. The highest BCUT2D eigenvalue weighted by molar-refractivity contribution is 6.30. The van der Waals surface area contributed by atoms with Crippen LogP contribution in [0.5, 0.6) is 0 Å². The van der Waals surface area contributed by atoms with Crippen molar-refractivity contribution in [2.75, 3.05) is 0 Å². The quantitative estimate of drug-likeness (QED) is 0.727. The minimum atomic E-state index is -0.800. The van der Waals surface area contributed by atoms with E-state index in [1.165, 1.54) is 0 Å². The molecular weight excluding hydrogens is 287 g/mol. The Morgan fingerprint density at radius 2 is 2.00 bits per heavy atom. The Morgan fingerprint density at radius 1 is 1.29 bits per heavy atom. The predicted molar refractivity (Wildman–Crippen MR) is 86.1 cm³/mol. The maximum atomic E-state index is 14.1. The molecule has 1 saturated carbocycles. The molecule has 1 N–H and O–H groups in total. The number of hydrogen-bond acceptors (Lipinski definition) is 1. The molecule has 0 heterocycles. The van der Waals surface area contributed by atoms with Crippen LogP contribution in [0.2, 0.25) is 5.02 Å². The van der Waals surface area contributed by atoms with E-state index in [1.54, 1.807) is 18.2 Å². The van der Waals surface area contributed by atoms with Gasteiger partial charge >= 0.3 is 0 Å². The van der Waals surface area contributed by atoms with Crippen molar-refractivity contribution in [2.45, 2.75) is 64.9 Å². The average Bonchev–Trinajstić information content (AvgIpc) is 2.57. The lowest BCUT2D eigenvalue weighted by Gasteiger charge is -2.31. The smallest absolute Gasteiger partial charge is 0.145 e. The van der Waals surface area contributed by atoms with E-state index in [2.05, 4.69) is 20.8 Å². The van der Waals surface area contributed by atoms with Crippen molar-refractivity contribution in [1.82, 2.24) is 0 Å². The van der Waals surface area contributed by atoms with Gasteiger partial charge in [-0.2, -0.15) is 0 Å². The Hall–Kier alpha value is -0.600. The van der Waals surface area contributed by atoms with Crippen LogP contribution in [0.4, 0.5) is 4.39 Å². The number of rotatable bonds is 2. The van der Waals surface area contributed by atoms with E-state index in [-0.39, 0.29) is 16.3 Å². The molecule has 0 saturated heterocycles. The summed E-state index contributed by atoms with van der Waals surface area (Å²) in [4.78, 5) is 0. The van der Waals surface area contributed by atoms with Gasteiger partial charge in [0.15, 0.2) is 0 Å². The van der Waals surface area contributed by atoms with Gasteiger partial charge in [-0.15, -0.1) is 0 Å². The summed E-state index contributed by atoms with van der Waals surface area (Å²) < 4.78 is 14.1. The summed E-state index contributed by atoms with van der Waals surface area (Å²) in [7, 11) is 0. The Morgan fingerprint density at radius 3 is 2.67 bits per heavy atom. The number of aliphatic hydroxyl groups is 1. The maximum absolute atomic E-state index is 14.1. The van der Waals surface area contributed by atoms with Crippen LogP contribution in [-0.4, -0.2) is 10.7 Å². The molecule has 1 aromatic rings. The van der Waals surface area contributed by atoms with Crippen molar-refractivity contribution in [3.63, 3.8) is 0 Å². The van der Waals surface area contributed by atoms with Crippen molar-refractivity contribution in [3.05, 3.63) is 34.6 Å². The van der Waals surface area contributed by atoms with Crippen LogP contribution in [0.25, 0.3) is 0 Å². The molecule has 1 nitrogen and oxygen atoms in total. The summed E-state index contributed by atoms with van der Waals surface area (Å²) in [5.74, 6) is 0.236. The summed E-state index contributed by atoms with van der Waals surface area (Å²) in [6.07, 6.45) is 4.98. The summed E-state index contributed by atoms with van der Waals surface area (Å²) in [5.41, 5.74) is -0.00264. The molecule has 1 aliphatic carbocycles. The Balaban J connectivity index is 2.11. The third-order valence-corrected chi connectivity index (χ3v) is 5.22. The van der Waals surface area contributed by atoms with Gasteiger partial charge in [-0.3, -0.25) is 0 Å². The van der Waals surface area contributed by atoms with E-state index in [0.29, 0.717) is 17.9 Å². The number of halogens is 2. The second-order valence-electron chi connectivity index (χ2n) is 7.61. The van der Waals surface area contributed by atoms with E-state index >= 15 is 0 Å². The molecule has 1 fully saturated rings. The zero-order valence-electron chi connectivity index (χ0n) is 13.3. The average molecular weight is 313 g/mol. The second-order valence-corrected chi connectivity index (χ2v) is 8.02. The third-order valence-electron chi connectivity index (χ3n) is 4.93. The summed E-state index contributed by atoms with van der Waals surface area (Å²) in [6.45, 7) is 6.79. The lowest BCUT2D eigenvalue weighted by molar-refractivity contribution is 0.0218. The zero-order chi connectivity index (χ0) is 15.7. The molecule has 0 aliphatic heterocycles. The van der Waals surface area contributed by atoms with Crippen molar-refractivity contribution in [1.29, 1.82) is 0 Å². The fourth-order valence-corrected chi connectivity index (χ4v) is 3.67. The molecule has 118 valence electrons. The standard InChI is InChI=1S/C18H26ClFO/c1-17(2,3)14-7-5-10-18(21,11-9-14)12-13-6-4-8-15(19)16(13)20/h4,6,8,14,21H,5,7,9-12H2,1-3H3. The first-order chi connectivity index (χ1) is 9.71. The molecule has 1 aromatic carbocycles. The van der Waals surface area contributed by atoms with E-state index in [4.69, 9.17) is 11.6 Å². The molecule has 2 unspecified atom stereocenters. The highest BCUT2D eigenvalue weighted by atomic mass is 35.5. The second kappa shape index (κ2) is 6.26. The lowest BCUT2D eigenvalue weighted by Crippen LogP contribution is -2.31. The van der Waals surface area contributed by atoms with Gasteiger partial charge in [-0.05, 0) is 48.6 Å². The van der Waals surface area contributed by atoms with E-state index < -0.39 is 5.60 Å². The fourth-order valence-electron chi connectivity index (χ4n) is 3.47. The molecule has 0 spiro atoms. The van der Waals surface area contributed by atoms with Gasteiger partial charge in [0.05, 0.1) is 10.6 Å². The molecular formula is C18H26ClFO. The van der Waals surface area contributed by atoms with Crippen LogP contribution in [0.3, 0.4) is 0 Å². The Kier molecular flexibility index (Phi) is 4.99. The number of hydrogen-bond donors (Lipinski definition) is 1. The van der Waals surface area contributed by atoms with Crippen LogP contribution in [-0.2, 0) is 6.42 Å². The predicted octanol–water partition coefficient (Wildman–Crippen LogP) is 5.38. The monoisotopic (exact) mass is 312 g/mol. The molecule has 2 rings (SSSR count). The molecule has 1 aliphatic rings. The largest absolute Gasteiger partial charge is 0.390 e. The Labute approximate surface area is 132 Å². The normalized spacial score (nSPS) is 27.4. The van der Waals surface area contributed by atoms with E-state index in [1.807, 2.05) is 0 Å². The van der Waals surface area contributed by atoms with Crippen molar-refractivity contribution >= 4 is 11.6 Å². The van der Waals surface area contributed by atoms with Gasteiger partial charge in [0.1, 0.15) is 5.82 Å². The first-order valence-corrected chi connectivity index (χ1v) is 8.24. The SMILES string of the molecule is CC(C)(C)C1CCCC(O)(Cc2cccc(Cl)c2F)CC1. The highest BCUT2D eigenvalue weighted by Gasteiger charge is 2.35. The minimum Gasteiger partial charge on any atom is -0.390 e. The lowest BCUT2D eigenvalue weighted by atomic mass is 9.76. The maximum Gasteiger partial charge on any atom is 0.145 e. The Bertz CT molecular complexity index is 494. The molecule has 0 bridgehead atoms. The van der Waals surface area contributed by atoms with Crippen LogP contribution in [0.1, 0.15) is 58.4 Å². The van der Waals surface area contributed by atoms with Crippen LogP contribution in [0, 0.1) is 17.2 Å². The third kappa shape index (κ3) is 4.20. The van der Waals surface area contributed by atoms with Crippen molar-refractivity contribution in [2.24, 2.45) is 11.3 Å². The van der Waals surface area contributed by atoms with Gasteiger partial charge in [0.2, 0.25) is 0 Å². The topological polar surface area (TPSA) is 20.2 Å². The minimum absolute atomic E-state index is 0.136. The van der Waals surface area contributed by atoms with E-state index in [9.17, 15) is 9.50 Å². The van der Waals surface area contributed by atoms with Gasteiger partial charge in [0, 0.05) is 6.42 Å². The van der Waals surface area contributed by atoms with Crippen LogP contribution < -0.4 is 0 Å². The van der Waals surface area contributed by atoms with Crippen molar-refractivity contribution < 1.29 is 9.50 Å². The van der Waals surface area contributed by atoms with Gasteiger partial charge in [0.25, 0.3) is 0 Å². The van der Waals surface area contributed by atoms with Gasteiger partial charge in [-0.25, -0.2) is 4.39 Å². The van der Waals surface area contributed by atoms with E-state index in [0.717, 1.165) is 32.1 Å². The summed E-state index contributed by atoms with van der Waals surface area (Å²) >= 11 is 5.84. The first-order valence-electron chi connectivity index (χ1n) is 7.86. The molecule has 0 radical (unpaired) electrons. The fraction of sp³-hybridized carbons (Fsp3) is 0.667. The highest BCUT2D eigenvalue weighted by Crippen LogP contribution is 2.41. The molecule has 3 heteroatoms. The first kappa shape index (κ1) is 16.8. The number of benzene rings is 1. The van der Waals surface area contributed by atoms with Crippen molar-refractivity contribution in [3.8, 4) is 0 Å². The van der Waals surface area contributed by atoms with Gasteiger partial charge < -0.3 is 5.11 Å².